The van der Waals surface area contributed by atoms with E-state index >= 15 is 0 Å². The van der Waals surface area contributed by atoms with Crippen molar-refractivity contribution in [3.63, 3.8) is 0 Å². The van der Waals surface area contributed by atoms with Gasteiger partial charge in [-0.2, -0.15) is 17.7 Å². The molecule has 1 aromatic carbocycles. The number of carboxylic acids is 1. The summed E-state index contributed by atoms with van der Waals surface area (Å²) in [5, 5.41) is 16.2. The predicted octanol–water partition coefficient (Wildman–Crippen LogP) is 3.77. The molecule has 2 N–H and O–H groups in total. The maximum absolute atomic E-state index is 13.2. The second kappa shape index (κ2) is 11.5. The highest BCUT2D eigenvalue weighted by Crippen LogP contribution is 2.20. The average molecular weight is 408 g/mol. The Balaban J connectivity index is 2.07. The number of carbonyl (C=O) groups is 2. The van der Waals surface area contributed by atoms with E-state index in [1.165, 1.54) is 16.8 Å². The Bertz CT molecular complexity index is 778. The lowest BCUT2D eigenvalue weighted by atomic mass is 10.1. The van der Waals surface area contributed by atoms with Gasteiger partial charge in [0.15, 0.2) is 0 Å². The molecule has 0 spiro atoms. The van der Waals surface area contributed by atoms with E-state index in [-0.39, 0.29) is 18.1 Å². The predicted molar refractivity (Wildman–Crippen MR) is 109 cm³/mol. The molecule has 0 aliphatic rings. The molecule has 0 bridgehead atoms. The minimum absolute atomic E-state index is 0.00204. The maximum Gasteiger partial charge on any atom is 0.303 e. The standard InChI is InChI=1S/C20H26FN3O3S/c21-16-9-7-15(8-10-16)17-14-18(24(23-17)12-5-6-19(25)26)20(27)22-11-3-1-2-4-13-28/h7-10,14,28H,1-6,11-13H2,(H,22,27)(H,25,26). The summed E-state index contributed by atoms with van der Waals surface area (Å²) in [6.45, 7) is 0.885. The zero-order chi connectivity index (χ0) is 20.4. The number of hydrogen-bond acceptors (Lipinski definition) is 4. The molecule has 1 heterocycles. The SMILES string of the molecule is O=C(O)CCCn1nc(-c2ccc(F)cc2)cc1C(=O)NCCCCCCS. The first kappa shape index (κ1) is 21.9. The van der Waals surface area contributed by atoms with Gasteiger partial charge in [0.25, 0.3) is 5.91 Å². The molecule has 6 nitrogen and oxygen atoms in total. The van der Waals surface area contributed by atoms with Crippen LogP contribution < -0.4 is 5.32 Å². The summed E-state index contributed by atoms with van der Waals surface area (Å²) >= 11 is 4.18. The van der Waals surface area contributed by atoms with Crippen molar-refractivity contribution in [1.82, 2.24) is 15.1 Å². The van der Waals surface area contributed by atoms with Crippen LogP contribution in [0.3, 0.4) is 0 Å². The third-order valence-electron chi connectivity index (χ3n) is 4.28. The summed E-state index contributed by atoms with van der Waals surface area (Å²) in [7, 11) is 0. The Kier molecular flexibility index (Phi) is 9.00. The number of aliphatic carboxylic acids is 1. The fourth-order valence-electron chi connectivity index (χ4n) is 2.79. The topological polar surface area (TPSA) is 84.2 Å². The molecule has 2 aromatic rings. The van der Waals surface area contributed by atoms with Crippen LogP contribution in [0.1, 0.15) is 49.0 Å². The second-order valence-corrected chi connectivity index (χ2v) is 6.98. The van der Waals surface area contributed by atoms with Crippen LogP contribution in [0.4, 0.5) is 4.39 Å². The van der Waals surface area contributed by atoms with Crippen LogP contribution in [-0.4, -0.2) is 39.1 Å². The first-order chi connectivity index (χ1) is 13.5. The van der Waals surface area contributed by atoms with Gasteiger partial charge in [-0.1, -0.05) is 12.8 Å². The summed E-state index contributed by atoms with van der Waals surface area (Å²) < 4.78 is 14.7. The Morgan fingerprint density at radius 2 is 1.82 bits per heavy atom. The summed E-state index contributed by atoms with van der Waals surface area (Å²) in [6, 6.07) is 7.53. The number of benzene rings is 1. The van der Waals surface area contributed by atoms with Crippen LogP contribution in [0, 0.1) is 5.82 Å². The van der Waals surface area contributed by atoms with Gasteiger partial charge in [0.1, 0.15) is 11.5 Å². The minimum Gasteiger partial charge on any atom is -0.481 e. The van der Waals surface area contributed by atoms with Crippen LogP contribution in [0.15, 0.2) is 30.3 Å². The molecule has 1 amide bonds. The number of rotatable bonds is 12. The Morgan fingerprint density at radius 3 is 2.50 bits per heavy atom. The lowest BCUT2D eigenvalue weighted by molar-refractivity contribution is -0.137. The minimum atomic E-state index is -0.891. The van der Waals surface area contributed by atoms with E-state index in [4.69, 9.17) is 5.11 Å². The number of nitrogens with one attached hydrogen (secondary N) is 1. The molecule has 0 unspecified atom stereocenters. The van der Waals surface area contributed by atoms with Crippen molar-refractivity contribution >= 4 is 24.5 Å². The van der Waals surface area contributed by atoms with E-state index in [1.54, 1.807) is 18.2 Å². The van der Waals surface area contributed by atoms with Crippen molar-refractivity contribution < 1.29 is 19.1 Å². The molecular formula is C20H26FN3O3S. The van der Waals surface area contributed by atoms with Crippen molar-refractivity contribution in [3.8, 4) is 11.3 Å². The van der Waals surface area contributed by atoms with Crippen LogP contribution in [0.5, 0.6) is 0 Å². The zero-order valence-corrected chi connectivity index (χ0v) is 16.6. The largest absolute Gasteiger partial charge is 0.481 e. The van der Waals surface area contributed by atoms with Crippen molar-refractivity contribution in [3.05, 3.63) is 41.8 Å². The van der Waals surface area contributed by atoms with Crippen LogP contribution in [0.2, 0.25) is 0 Å². The van der Waals surface area contributed by atoms with Crippen LogP contribution in [-0.2, 0) is 11.3 Å². The molecule has 0 fully saturated rings. The van der Waals surface area contributed by atoms with Gasteiger partial charge >= 0.3 is 5.97 Å². The van der Waals surface area contributed by atoms with Gasteiger partial charge in [-0.25, -0.2) is 4.39 Å². The first-order valence-corrected chi connectivity index (χ1v) is 10.1. The van der Waals surface area contributed by atoms with Crippen LogP contribution in [0.25, 0.3) is 11.3 Å². The lowest BCUT2D eigenvalue weighted by Crippen LogP contribution is -2.27. The van der Waals surface area contributed by atoms with Crippen molar-refractivity contribution in [1.29, 1.82) is 0 Å². The zero-order valence-electron chi connectivity index (χ0n) is 15.7. The number of carbonyl (C=O) groups excluding carboxylic acids is 1. The third-order valence-corrected chi connectivity index (χ3v) is 4.60. The maximum atomic E-state index is 13.2. The Labute approximate surface area is 169 Å². The number of carboxylic acid groups (broad SMARTS) is 1. The molecule has 0 aliphatic heterocycles. The smallest absolute Gasteiger partial charge is 0.303 e. The summed E-state index contributed by atoms with van der Waals surface area (Å²) in [5.41, 5.74) is 1.62. The highest BCUT2D eigenvalue weighted by molar-refractivity contribution is 7.80. The number of nitrogens with zero attached hydrogens (tertiary/aromatic N) is 2. The fourth-order valence-corrected chi connectivity index (χ4v) is 3.02. The van der Waals surface area contributed by atoms with E-state index < -0.39 is 5.97 Å². The summed E-state index contributed by atoms with van der Waals surface area (Å²) in [6.07, 6.45) is 4.43. The monoisotopic (exact) mass is 407 g/mol. The third kappa shape index (κ3) is 6.99. The van der Waals surface area contributed by atoms with Gasteiger partial charge in [0.05, 0.1) is 5.69 Å². The molecule has 0 radical (unpaired) electrons. The second-order valence-electron chi connectivity index (χ2n) is 6.54. The Hall–Kier alpha value is -2.35. The summed E-state index contributed by atoms with van der Waals surface area (Å²) in [5.74, 6) is -0.613. The number of aromatic nitrogens is 2. The number of amides is 1. The van der Waals surface area contributed by atoms with Crippen LogP contribution >= 0.6 is 12.6 Å². The molecule has 0 atom stereocenters. The molecule has 1 aromatic heterocycles. The quantitative estimate of drug-likeness (QED) is 0.369. The molecule has 0 aliphatic carbocycles. The first-order valence-electron chi connectivity index (χ1n) is 9.46. The van der Waals surface area contributed by atoms with Crippen molar-refractivity contribution in [2.45, 2.75) is 45.1 Å². The van der Waals surface area contributed by atoms with E-state index in [9.17, 15) is 14.0 Å². The molecule has 152 valence electrons. The highest BCUT2D eigenvalue weighted by Gasteiger charge is 2.16. The molecule has 2 rings (SSSR count). The van der Waals surface area contributed by atoms with E-state index in [1.807, 2.05) is 0 Å². The number of unbranched alkanes of at least 4 members (excludes halogenated alkanes) is 3. The average Bonchev–Trinajstić information content (AvgIpc) is 3.09. The highest BCUT2D eigenvalue weighted by atomic mass is 32.1. The lowest BCUT2D eigenvalue weighted by Gasteiger charge is -2.08. The van der Waals surface area contributed by atoms with E-state index in [0.717, 1.165) is 31.4 Å². The van der Waals surface area contributed by atoms with Gasteiger partial charge in [0, 0.05) is 25.1 Å². The molecular weight excluding hydrogens is 381 g/mol. The Morgan fingerprint density at radius 1 is 1.11 bits per heavy atom. The van der Waals surface area contributed by atoms with Gasteiger partial charge in [-0.15, -0.1) is 0 Å². The molecule has 28 heavy (non-hydrogen) atoms. The number of halogens is 1. The molecule has 0 saturated carbocycles. The molecule has 8 heteroatoms. The van der Waals surface area contributed by atoms with Gasteiger partial charge in [-0.05, 0) is 55.3 Å². The normalized spacial score (nSPS) is 10.8. The number of thiol groups is 1. The van der Waals surface area contributed by atoms with Gasteiger partial charge < -0.3 is 10.4 Å². The van der Waals surface area contributed by atoms with Crippen molar-refractivity contribution in [2.24, 2.45) is 0 Å². The summed E-state index contributed by atoms with van der Waals surface area (Å²) in [4.78, 5) is 23.4. The van der Waals surface area contributed by atoms with E-state index in [0.29, 0.717) is 36.5 Å². The number of hydrogen-bond donors (Lipinski definition) is 3. The fraction of sp³-hybridized carbons (Fsp3) is 0.450. The van der Waals surface area contributed by atoms with Crippen molar-refractivity contribution in [2.75, 3.05) is 12.3 Å². The number of aryl methyl sites for hydroxylation is 1. The molecule has 0 saturated heterocycles. The van der Waals surface area contributed by atoms with E-state index in [2.05, 4.69) is 23.0 Å². The van der Waals surface area contributed by atoms with Gasteiger partial charge in [-0.3, -0.25) is 14.3 Å². The van der Waals surface area contributed by atoms with Gasteiger partial charge in [0.2, 0.25) is 0 Å².